The van der Waals surface area contributed by atoms with Crippen LogP contribution < -0.4 is 15.6 Å². The molecular weight excluding hydrogens is 450 g/mol. The van der Waals surface area contributed by atoms with Crippen LogP contribution in [0.2, 0.25) is 0 Å². The Bertz CT molecular complexity index is 1440. The fraction of sp³-hybridized carbons (Fsp3) is 0.429. The number of rotatable bonds is 7. The van der Waals surface area contributed by atoms with Gasteiger partial charge < -0.3 is 9.30 Å². The fourth-order valence-electron chi connectivity index (χ4n) is 3.88. The Hall–Kier alpha value is -3.41. The lowest BCUT2D eigenvalue weighted by Gasteiger charge is -2.17. The van der Waals surface area contributed by atoms with Crippen molar-refractivity contribution >= 4 is 32.8 Å². The van der Waals surface area contributed by atoms with Crippen molar-refractivity contribution in [2.75, 3.05) is 16.6 Å². The van der Waals surface area contributed by atoms with E-state index in [0.29, 0.717) is 31.0 Å². The molecule has 0 radical (unpaired) electrons. The molecule has 12 heteroatoms. The Morgan fingerprint density at radius 1 is 1.27 bits per heavy atom. The first kappa shape index (κ1) is 22.8. The van der Waals surface area contributed by atoms with E-state index in [1.165, 1.54) is 25.6 Å². The number of hydrogen-bond acceptors (Lipinski definition) is 7. The first-order valence-corrected chi connectivity index (χ1v) is 12.3. The highest BCUT2D eigenvalue weighted by Crippen LogP contribution is 2.25. The Kier molecular flexibility index (Phi) is 6.11. The number of aromatic amines is 1. The summed E-state index contributed by atoms with van der Waals surface area (Å²) in [5, 5.41) is 0. The number of unbranched alkanes of at least 4 members (excludes halogenated alkanes) is 1. The minimum absolute atomic E-state index is 0.0802. The number of fused-ring (bicyclic) bond motifs is 1. The smallest absolute Gasteiger partial charge is 0.338 e. The monoisotopic (exact) mass is 475 g/mol. The van der Waals surface area contributed by atoms with Gasteiger partial charge in [0.15, 0.2) is 11.2 Å². The quantitative estimate of drug-likeness (QED) is 0.506. The predicted molar refractivity (Wildman–Crippen MR) is 122 cm³/mol. The average molecular weight is 476 g/mol. The van der Waals surface area contributed by atoms with Crippen LogP contribution in [0.1, 0.15) is 42.4 Å². The summed E-state index contributed by atoms with van der Waals surface area (Å²) in [5.41, 5.74) is -0.0154. The van der Waals surface area contributed by atoms with Crippen molar-refractivity contribution in [3.63, 3.8) is 0 Å². The zero-order valence-electron chi connectivity index (χ0n) is 18.4. The maximum atomic E-state index is 12.7. The number of carbonyl (C=O) groups excluding carboxylic acids is 1. The first-order chi connectivity index (χ1) is 15.7. The van der Waals surface area contributed by atoms with Crippen LogP contribution in [0, 0.1) is 0 Å². The average Bonchev–Trinajstić information content (AvgIpc) is 3.30. The molecule has 1 saturated heterocycles. The molecule has 3 heterocycles. The maximum absolute atomic E-state index is 12.7. The molecule has 1 N–H and O–H groups in total. The zero-order valence-corrected chi connectivity index (χ0v) is 19.2. The van der Waals surface area contributed by atoms with Crippen molar-refractivity contribution < 1.29 is 17.9 Å². The summed E-state index contributed by atoms with van der Waals surface area (Å²) in [6.45, 7) is 2.54. The van der Waals surface area contributed by atoms with Gasteiger partial charge in [-0.3, -0.25) is 18.7 Å². The number of nitrogens with one attached hydrogen (secondary N) is 1. The molecule has 0 bridgehead atoms. The lowest BCUT2D eigenvalue weighted by atomic mass is 10.2. The Morgan fingerprint density at radius 2 is 2.06 bits per heavy atom. The Labute approximate surface area is 189 Å². The van der Waals surface area contributed by atoms with Crippen LogP contribution in [0.15, 0.2) is 33.9 Å². The van der Waals surface area contributed by atoms with Crippen molar-refractivity contribution in [3.05, 3.63) is 56.5 Å². The third-order valence-corrected chi connectivity index (χ3v) is 7.51. The van der Waals surface area contributed by atoms with Gasteiger partial charge in [-0.25, -0.2) is 23.0 Å². The number of aryl methyl sites for hydroxylation is 2. The SMILES string of the molecule is CCCCn1c(=O)[nH]c(=O)c2c1nc(COC(=O)c1cccc(N3CCCS3(=O)=O)c1)n2C. The largest absolute Gasteiger partial charge is 0.454 e. The van der Waals surface area contributed by atoms with Crippen molar-refractivity contribution in [2.24, 2.45) is 7.05 Å². The highest BCUT2D eigenvalue weighted by molar-refractivity contribution is 7.93. The fourth-order valence-corrected chi connectivity index (χ4v) is 5.43. The summed E-state index contributed by atoms with van der Waals surface area (Å²) in [5.74, 6) is -0.271. The number of nitrogens with zero attached hydrogens (tertiary/aromatic N) is 4. The third kappa shape index (κ3) is 4.30. The van der Waals surface area contributed by atoms with Gasteiger partial charge in [-0.05, 0) is 31.0 Å². The zero-order chi connectivity index (χ0) is 23.8. The van der Waals surface area contributed by atoms with Gasteiger partial charge in [0.05, 0.1) is 17.0 Å². The van der Waals surface area contributed by atoms with Crippen molar-refractivity contribution in [1.82, 2.24) is 19.1 Å². The van der Waals surface area contributed by atoms with Gasteiger partial charge in [0.25, 0.3) is 5.56 Å². The van der Waals surface area contributed by atoms with Gasteiger partial charge in [0.2, 0.25) is 10.0 Å². The van der Waals surface area contributed by atoms with Crippen LogP contribution in [0.5, 0.6) is 0 Å². The lowest BCUT2D eigenvalue weighted by molar-refractivity contribution is 0.0459. The minimum Gasteiger partial charge on any atom is -0.454 e. The maximum Gasteiger partial charge on any atom is 0.338 e. The van der Waals surface area contributed by atoms with Crippen LogP contribution in [-0.2, 0) is 35.0 Å². The third-order valence-electron chi connectivity index (χ3n) is 5.64. The second-order valence-electron chi connectivity index (χ2n) is 7.89. The standard InChI is InChI=1S/C21H25N5O6S/c1-3-4-9-25-18-17(19(27)23-21(25)29)24(2)16(22-18)13-32-20(28)14-7-5-8-15(12-14)26-10-6-11-33(26,30)31/h5,7-8,12H,3-4,6,9-11,13H2,1-2H3,(H,23,27,29). The molecule has 0 atom stereocenters. The predicted octanol–water partition coefficient (Wildman–Crippen LogP) is 1.12. The van der Waals surface area contributed by atoms with E-state index >= 15 is 0 Å². The number of benzene rings is 1. The van der Waals surface area contributed by atoms with E-state index in [1.807, 2.05) is 6.92 Å². The van der Waals surface area contributed by atoms with E-state index in [0.717, 1.165) is 12.8 Å². The van der Waals surface area contributed by atoms with Gasteiger partial charge in [0, 0.05) is 20.1 Å². The van der Waals surface area contributed by atoms with Gasteiger partial charge in [-0.2, -0.15) is 0 Å². The number of carbonyl (C=O) groups is 1. The van der Waals surface area contributed by atoms with Crippen molar-refractivity contribution in [2.45, 2.75) is 39.3 Å². The van der Waals surface area contributed by atoms with E-state index in [9.17, 15) is 22.8 Å². The first-order valence-electron chi connectivity index (χ1n) is 10.7. The summed E-state index contributed by atoms with van der Waals surface area (Å²) in [4.78, 5) is 43.9. The Morgan fingerprint density at radius 3 is 2.76 bits per heavy atom. The van der Waals surface area contributed by atoms with E-state index in [-0.39, 0.29) is 29.1 Å². The van der Waals surface area contributed by atoms with Crippen molar-refractivity contribution in [3.8, 4) is 0 Å². The summed E-state index contributed by atoms with van der Waals surface area (Å²) in [7, 11) is -1.76. The topological polar surface area (TPSA) is 136 Å². The molecule has 11 nitrogen and oxygen atoms in total. The number of hydrogen-bond donors (Lipinski definition) is 1. The molecule has 2 aromatic heterocycles. The molecular formula is C21H25N5O6S. The number of esters is 1. The van der Waals surface area contributed by atoms with Gasteiger partial charge in [-0.15, -0.1) is 0 Å². The lowest BCUT2D eigenvalue weighted by Crippen LogP contribution is -2.31. The van der Waals surface area contributed by atoms with E-state index in [4.69, 9.17) is 4.74 Å². The second kappa shape index (κ2) is 8.85. The number of imidazole rings is 1. The number of sulfonamides is 1. The summed E-state index contributed by atoms with van der Waals surface area (Å²) in [6, 6.07) is 6.25. The molecule has 4 rings (SSSR count). The summed E-state index contributed by atoms with van der Waals surface area (Å²) < 4.78 is 33.9. The van der Waals surface area contributed by atoms with Gasteiger partial charge in [-0.1, -0.05) is 19.4 Å². The van der Waals surface area contributed by atoms with E-state index in [2.05, 4.69) is 9.97 Å². The van der Waals surface area contributed by atoms with Gasteiger partial charge in [0.1, 0.15) is 12.4 Å². The molecule has 0 saturated carbocycles. The highest BCUT2D eigenvalue weighted by Gasteiger charge is 2.29. The van der Waals surface area contributed by atoms with Gasteiger partial charge >= 0.3 is 11.7 Å². The second-order valence-corrected chi connectivity index (χ2v) is 9.90. The highest BCUT2D eigenvalue weighted by atomic mass is 32.2. The molecule has 1 aliphatic heterocycles. The molecule has 0 amide bonds. The molecule has 0 spiro atoms. The Balaban J connectivity index is 1.58. The van der Waals surface area contributed by atoms with Crippen LogP contribution in [-0.4, -0.2) is 45.8 Å². The minimum atomic E-state index is -3.37. The van der Waals surface area contributed by atoms with Crippen LogP contribution >= 0.6 is 0 Å². The molecule has 1 aliphatic rings. The number of ether oxygens (including phenoxy) is 1. The summed E-state index contributed by atoms with van der Waals surface area (Å²) >= 11 is 0. The number of anilines is 1. The normalized spacial score (nSPS) is 15.3. The van der Waals surface area contributed by atoms with Crippen LogP contribution in [0.3, 0.4) is 0 Å². The van der Waals surface area contributed by atoms with E-state index < -0.39 is 27.2 Å². The summed E-state index contributed by atoms with van der Waals surface area (Å²) in [6.07, 6.45) is 2.14. The van der Waals surface area contributed by atoms with E-state index in [1.54, 1.807) is 19.2 Å². The number of aromatic nitrogens is 4. The molecule has 0 unspecified atom stereocenters. The molecule has 1 aromatic carbocycles. The molecule has 1 fully saturated rings. The molecule has 33 heavy (non-hydrogen) atoms. The molecule has 3 aromatic rings. The number of H-pyrrole nitrogens is 1. The van der Waals surface area contributed by atoms with Crippen LogP contribution in [0.4, 0.5) is 5.69 Å². The van der Waals surface area contributed by atoms with Crippen LogP contribution in [0.25, 0.3) is 11.2 Å². The van der Waals surface area contributed by atoms with Crippen molar-refractivity contribution in [1.29, 1.82) is 0 Å². The molecule has 0 aliphatic carbocycles. The molecule has 176 valence electrons.